The SMILES string of the molecule is CC(C)(C)NC(=O)CCNC(=O)c1csc(CCN)n1. The van der Waals surface area contributed by atoms with E-state index in [1.165, 1.54) is 11.3 Å². The number of amides is 2. The number of thiazole rings is 1. The van der Waals surface area contributed by atoms with Crippen molar-refractivity contribution in [2.75, 3.05) is 13.1 Å². The number of carbonyl (C=O) groups is 2. The summed E-state index contributed by atoms with van der Waals surface area (Å²) in [6.45, 7) is 6.55. The molecule has 4 N–H and O–H groups in total. The van der Waals surface area contributed by atoms with E-state index in [0.717, 1.165) is 5.01 Å². The van der Waals surface area contributed by atoms with Crippen molar-refractivity contribution in [3.63, 3.8) is 0 Å². The summed E-state index contributed by atoms with van der Waals surface area (Å²) in [5.41, 5.74) is 5.56. The van der Waals surface area contributed by atoms with Crippen LogP contribution in [0.2, 0.25) is 0 Å². The van der Waals surface area contributed by atoms with Gasteiger partial charge in [0, 0.05) is 30.3 Å². The van der Waals surface area contributed by atoms with Gasteiger partial charge >= 0.3 is 0 Å². The lowest BCUT2D eigenvalue weighted by molar-refractivity contribution is -0.122. The number of rotatable bonds is 6. The lowest BCUT2D eigenvalue weighted by atomic mass is 10.1. The minimum absolute atomic E-state index is 0.0834. The molecular weight excluding hydrogens is 276 g/mol. The van der Waals surface area contributed by atoms with E-state index >= 15 is 0 Å². The largest absolute Gasteiger partial charge is 0.351 e. The zero-order chi connectivity index (χ0) is 15.2. The minimum atomic E-state index is -0.257. The van der Waals surface area contributed by atoms with E-state index in [1.54, 1.807) is 5.38 Å². The minimum Gasteiger partial charge on any atom is -0.351 e. The summed E-state index contributed by atoms with van der Waals surface area (Å²) in [7, 11) is 0. The molecule has 20 heavy (non-hydrogen) atoms. The maximum Gasteiger partial charge on any atom is 0.270 e. The number of nitrogens with one attached hydrogen (secondary N) is 2. The summed E-state index contributed by atoms with van der Waals surface area (Å²) < 4.78 is 0. The van der Waals surface area contributed by atoms with Crippen molar-refractivity contribution in [2.45, 2.75) is 39.2 Å². The second-order valence-corrected chi connectivity index (χ2v) is 6.41. The Kier molecular flexibility index (Phi) is 6.09. The monoisotopic (exact) mass is 298 g/mol. The van der Waals surface area contributed by atoms with Crippen LogP contribution in [-0.4, -0.2) is 35.4 Å². The zero-order valence-electron chi connectivity index (χ0n) is 12.2. The van der Waals surface area contributed by atoms with Gasteiger partial charge in [0.05, 0.1) is 5.01 Å². The third-order valence-corrected chi connectivity index (χ3v) is 3.20. The van der Waals surface area contributed by atoms with Gasteiger partial charge in [-0.25, -0.2) is 4.98 Å². The summed E-state index contributed by atoms with van der Waals surface area (Å²) in [6.07, 6.45) is 0.925. The Labute approximate surface area is 123 Å². The predicted octanol–water partition coefficient (Wildman–Crippen LogP) is 0.679. The van der Waals surface area contributed by atoms with Crippen LogP contribution in [0.5, 0.6) is 0 Å². The van der Waals surface area contributed by atoms with Gasteiger partial charge in [-0.05, 0) is 27.3 Å². The molecule has 0 aliphatic heterocycles. The smallest absolute Gasteiger partial charge is 0.270 e. The van der Waals surface area contributed by atoms with Gasteiger partial charge < -0.3 is 16.4 Å². The summed E-state index contributed by atoms with van der Waals surface area (Å²) in [5.74, 6) is -0.340. The fourth-order valence-electron chi connectivity index (χ4n) is 1.51. The molecule has 1 aromatic heterocycles. The van der Waals surface area contributed by atoms with Crippen molar-refractivity contribution in [1.29, 1.82) is 0 Å². The Bertz CT molecular complexity index is 465. The number of hydrogen-bond donors (Lipinski definition) is 3. The van der Waals surface area contributed by atoms with Gasteiger partial charge in [-0.3, -0.25) is 9.59 Å². The molecule has 0 saturated carbocycles. The molecule has 2 amide bonds. The topological polar surface area (TPSA) is 97.1 Å². The Balaban J connectivity index is 2.34. The molecule has 0 saturated heterocycles. The van der Waals surface area contributed by atoms with Crippen LogP contribution >= 0.6 is 11.3 Å². The van der Waals surface area contributed by atoms with Gasteiger partial charge in [0.15, 0.2) is 0 Å². The molecule has 1 heterocycles. The highest BCUT2D eigenvalue weighted by molar-refractivity contribution is 7.09. The van der Waals surface area contributed by atoms with Crippen molar-refractivity contribution in [3.05, 3.63) is 16.1 Å². The normalized spacial score (nSPS) is 11.2. The lowest BCUT2D eigenvalue weighted by Gasteiger charge is -2.20. The van der Waals surface area contributed by atoms with Crippen LogP contribution in [0.3, 0.4) is 0 Å². The first-order chi connectivity index (χ1) is 9.31. The number of carbonyl (C=O) groups excluding carboxylic acids is 2. The Hall–Kier alpha value is -1.47. The highest BCUT2D eigenvalue weighted by Gasteiger charge is 2.14. The second-order valence-electron chi connectivity index (χ2n) is 5.47. The van der Waals surface area contributed by atoms with Gasteiger partial charge in [-0.2, -0.15) is 0 Å². The van der Waals surface area contributed by atoms with Gasteiger partial charge in [0.25, 0.3) is 5.91 Å². The van der Waals surface area contributed by atoms with Crippen LogP contribution in [0.1, 0.15) is 42.7 Å². The van der Waals surface area contributed by atoms with E-state index in [-0.39, 0.29) is 23.8 Å². The molecule has 1 rings (SSSR count). The van der Waals surface area contributed by atoms with Gasteiger partial charge in [-0.15, -0.1) is 11.3 Å². The first kappa shape index (κ1) is 16.6. The van der Waals surface area contributed by atoms with Crippen LogP contribution in [-0.2, 0) is 11.2 Å². The first-order valence-corrected chi connectivity index (χ1v) is 7.43. The molecule has 0 bridgehead atoms. The fourth-order valence-corrected chi connectivity index (χ4v) is 2.31. The summed E-state index contributed by atoms with van der Waals surface area (Å²) in [4.78, 5) is 27.6. The Morgan fingerprint density at radius 1 is 1.40 bits per heavy atom. The molecule has 0 aliphatic rings. The van der Waals surface area contributed by atoms with Crippen LogP contribution in [0.4, 0.5) is 0 Å². The van der Waals surface area contributed by atoms with Gasteiger partial charge in [0.1, 0.15) is 5.69 Å². The molecule has 6 nitrogen and oxygen atoms in total. The first-order valence-electron chi connectivity index (χ1n) is 6.55. The quantitative estimate of drug-likeness (QED) is 0.719. The average molecular weight is 298 g/mol. The number of nitrogens with two attached hydrogens (primary N) is 1. The van der Waals surface area contributed by atoms with Crippen molar-refractivity contribution in [2.24, 2.45) is 5.73 Å². The molecule has 112 valence electrons. The predicted molar refractivity (Wildman–Crippen MR) is 79.7 cm³/mol. The summed E-state index contributed by atoms with van der Waals surface area (Å²) >= 11 is 1.42. The standard InChI is InChI=1S/C13H22N4O2S/c1-13(2,3)17-10(18)5-7-15-12(19)9-8-20-11(16-9)4-6-14/h8H,4-7,14H2,1-3H3,(H,15,19)(H,17,18). The van der Waals surface area contributed by atoms with Crippen molar-refractivity contribution in [1.82, 2.24) is 15.6 Å². The molecular formula is C13H22N4O2S. The van der Waals surface area contributed by atoms with Gasteiger partial charge in [0.2, 0.25) is 5.91 Å². The highest BCUT2D eigenvalue weighted by atomic mass is 32.1. The maximum absolute atomic E-state index is 11.8. The van der Waals surface area contributed by atoms with Crippen molar-refractivity contribution < 1.29 is 9.59 Å². The molecule has 0 aromatic carbocycles. The molecule has 0 spiro atoms. The van der Waals surface area contributed by atoms with Crippen LogP contribution in [0.25, 0.3) is 0 Å². The molecule has 0 fully saturated rings. The fraction of sp³-hybridized carbons (Fsp3) is 0.615. The Morgan fingerprint density at radius 2 is 2.10 bits per heavy atom. The molecule has 0 aliphatic carbocycles. The van der Waals surface area contributed by atoms with Crippen LogP contribution in [0, 0.1) is 0 Å². The number of nitrogens with zero attached hydrogens (tertiary/aromatic N) is 1. The molecule has 1 aromatic rings. The van der Waals surface area contributed by atoms with E-state index in [0.29, 0.717) is 25.2 Å². The van der Waals surface area contributed by atoms with E-state index in [2.05, 4.69) is 15.6 Å². The second kappa shape index (κ2) is 7.35. The number of hydrogen-bond acceptors (Lipinski definition) is 5. The molecule has 0 unspecified atom stereocenters. The van der Waals surface area contributed by atoms with E-state index < -0.39 is 0 Å². The van der Waals surface area contributed by atoms with Crippen LogP contribution < -0.4 is 16.4 Å². The van der Waals surface area contributed by atoms with Crippen molar-refractivity contribution >= 4 is 23.2 Å². The lowest BCUT2D eigenvalue weighted by Crippen LogP contribution is -2.42. The molecule has 0 atom stereocenters. The highest BCUT2D eigenvalue weighted by Crippen LogP contribution is 2.09. The zero-order valence-corrected chi connectivity index (χ0v) is 13.0. The average Bonchev–Trinajstić information content (AvgIpc) is 2.75. The number of aromatic nitrogens is 1. The third kappa shape index (κ3) is 6.12. The third-order valence-electron chi connectivity index (χ3n) is 2.29. The van der Waals surface area contributed by atoms with Crippen LogP contribution in [0.15, 0.2) is 5.38 Å². The Morgan fingerprint density at radius 3 is 2.70 bits per heavy atom. The molecule has 7 heteroatoms. The molecule has 0 radical (unpaired) electrons. The van der Waals surface area contributed by atoms with E-state index in [4.69, 9.17) is 5.73 Å². The van der Waals surface area contributed by atoms with Crippen molar-refractivity contribution in [3.8, 4) is 0 Å². The summed E-state index contributed by atoms with van der Waals surface area (Å²) in [5, 5.41) is 8.07. The maximum atomic E-state index is 11.8. The summed E-state index contributed by atoms with van der Waals surface area (Å²) in [6, 6.07) is 0. The van der Waals surface area contributed by atoms with Gasteiger partial charge in [-0.1, -0.05) is 0 Å². The van der Waals surface area contributed by atoms with E-state index in [9.17, 15) is 9.59 Å². The van der Waals surface area contributed by atoms with E-state index in [1.807, 2.05) is 20.8 Å².